The molecule has 2 aromatic heterocycles. The third kappa shape index (κ3) is 3.10. The number of nitrogens with one attached hydrogen (secondary N) is 1. The van der Waals surface area contributed by atoms with Crippen molar-refractivity contribution in [2.24, 2.45) is 7.05 Å². The summed E-state index contributed by atoms with van der Waals surface area (Å²) in [5.41, 5.74) is 2.26. The minimum absolute atomic E-state index is 0. The van der Waals surface area contributed by atoms with Crippen LogP contribution in [0.5, 0.6) is 0 Å². The molecule has 0 spiro atoms. The van der Waals surface area contributed by atoms with Crippen LogP contribution in [-0.4, -0.2) is 19.6 Å². The van der Waals surface area contributed by atoms with Crippen molar-refractivity contribution in [3.05, 3.63) is 30.4 Å². The van der Waals surface area contributed by atoms with Crippen molar-refractivity contribution in [2.75, 3.05) is 5.32 Å². The Balaban J connectivity index is 0.00000133. The molecule has 104 valence electrons. The summed E-state index contributed by atoms with van der Waals surface area (Å²) in [4.78, 5) is 0. The molecule has 0 unspecified atom stereocenters. The molecule has 0 radical (unpaired) electrons. The maximum atomic E-state index is 4.45. The van der Waals surface area contributed by atoms with Crippen molar-refractivity contribution in [3.63, 3.8) is 0 Å². The van der Waals surface area contributed by atoms with Crippen molar-refractivity contribution in [1.82, 2.24) is 19.6 Å². The minimum Gasteiger partial charge on any atom is -0.377 e. The molecule has 0 saturated heterocycles. The van der Waals surface area contributed by atoms with E-state index in [-0.39, 0.29) is 12.4 Å². The lowest BCUT2D eigenvalue weighted by Gasteiger charge is -2.08. The highest BCUT2D eigenvalue weighted by molar-refractivity contribution is 5.85. The van der Waals surface area contributed by atoms with Gasteiger partial charge < -0.3 is 5.32 Å². The Hall–Kier alpha value is -1.49. The summed E-state index contributed by atoms with van der Waals surface area (Å²) in [5.74, 6) is 0. The molecule has 1 aliphatic rings. The first-order valence-corrected chi connectivity index (χ1v) is 6.58. The maximum absolute atomic E-state index is 4.45. The normalized spacial score (nSPS) is 15.4. The number of aryl methyl sites for hydroxylation is 1. The van der Waals surface area contributed by atoms with Crippen molar-refractivity contribution in [1.29, 1.82) is 0 Å². The molecule has 19 heavy (non-hydrogen) atoms. The van der Waals surface area contributed by atoms with Gasteiger partial charge in [0.2, 0.25) is 0 Å². The zero-order chi connectivity index (χ0) is 12.4. The quantitative estimate of drug-likeness (QED) is 0.937. The minimum atomic E-state index is 0. The van der Waals surface area contributed by atoms with Gasteiger partial charge in [0.25, 0.3) is 0 Å². The van der Waals surface area contributed by atoms with Gasteiger partial charge in [-0.25, -0.2) is 0 Å². The van der Waals surface area contributed by atoms with Crippen LogP contribution in [0.1, 0.15) is 37.4 Å². The smallest absolute Gasteiger partial charge is 0.0729 e. The molecule has 6 heteroatoms. The topological polar surface area (TPSA) is 47.7 Å². The summed E-state index contributed by atoms with van der Waals surface area (Å²) in [6, 6.07) is 2.63. The van der Waals surface area contributed by atoms with Crippen molar-refractivity contribution in [3.8, 4) is 0 Å². The Morgan fingerprint density at radius 1 is 1.32 bits per heavy atom. The van der Waals surface area contributed by atoms with E-state index in [0.717, 1.165) is 12.2 Å². The molecular formula is C13H20ClN5. The van der Waals surface area contributed by atoms with E-state index in [9.17, 15) is 0 Å². The molecule has 2 heterocycles. The first kappa shape index (κ1) is 13.9. The first-order chi connectivity index (χ1) is 8.83. The summed E-state index contributed by atoms with van der Waals surface area (Å²) in [6.07, 6.45) is 11.1. The van der Waals surface area contributed by atoms with Gasteiger partial charge in [-0.3, -0.25) is 9.36 Å². The molecule has 0 atom stereocenters. The Bertz CT molecular complexity index is 513. The van der Waals surface area contributed by atoms with Gasteiger partial charge in [-0.15, -0.1) is 12.4 Å². The zero-order valence-electron chi connectivity index (χ0n) is 11.1. The molecule has 1 aliphatic carbocycles. The van der Waals surface area contributed by atoms with Crippen LogP contribution < -0.4 is 5.32 Å². The van der Waals surface area contributed by atoms with Crippen LogP contribution >= 0.6 is 12.4 Å². The van der Waals surface area contributed by atoms with E-state index in [1.807, 2.05) is 30.2 Å². The molecule has 0 amide bonds. The summed E-state index contributed by atoms with van der Waals surface area (Å²) >= 11 is 0. The van der Waals surface area contributed by atoms with E-state index in [2.05, 4.69) is 26.4 Å². The Labute approximate surface area is 119 Å². The number of hydrogen-bond donors (Lipinski definition) is 1. The van der Waals surface area contributed by atoms with E-state index in [4.69, 9.17) is 0 Å². The van der Waals surface area contributed by atoms with Gasteiger partial charge in [0.15, 0.2) is 0 Å². The largest absolute Gasteiger partial charge is 0.377 e. The standard InChI is InChI=1S/C13H19N5.ClH/c1-17-13(6-7-15-17)9-14-11-8-16-18(10-11)12-4-2-3-5-12;/h6-8,10,12,14H,2-5,9H2,1H3;1H. The predicted molar refractivity (Wildman–Crippen MR) is 77.5 cm³/mol. The summed E-state index contributed by atoms with van der Waals surface area (Å²) in [6.45, 7) is 0.785. The second kappa shape index (κ2) is 6.10. The maximum Gasteiger partial charge on any atom is 0.0729 e. The molecular weight excluding hydrogens is 262 g/mol. The Kier molecular flexibility index (Phi) is 4.47. The molecule has 3 rings (SSSR count). The van der Waals surface area contributed by atoms with E-state index in [1.54, 1.807) is 0 Å². The van der Waals surface area contributed by atoms with Crippen LogP contribution in [0, 0.1) is 0 Å². The van der Waals surface area contributed by atoms with Crippen LogP contribution in [0.15, 0.2) is 24.7 Å². The second-order valence-corrected chi connectivity index (χ2v) is 4.95. The number of anilines is 1. The SMILES string of the molecule is Cl.Cn1nccc1CNc1cnn(C2CCCC2)c1. The number of hydrogen-bond acceptors (Lipinski definition) is 3. The van der Waals surface area contributed by atoms with Crippen molar-refractivity contribution in [2.45, 2.75) is 38.3 Å². The zero-order valence-corrected chi connectivity index (χ0v) is 11.9. The highest BCUT2D eigenvalue weighted by atomic mass is 35.5. The van der Waals surface area contributed by atoms with Crippen molar-refractivity contribution < 1.29 is 0 Å². The monoisotopic (exact) mass is 281 g/mol. The van der Waals surface area contributed by atoms with E-state index >= 15 is 0 Å². The highest BCUT2D eigenvalue weighted by Gasteiger charge is 2.17. The van der Waals surface area contributed by atoms with Crippen molar-refractivity contribution >= 4 is 18.1 Å². The molecule has 2 aromatic rings. The van der Waals surface area contributed by atoms with Gasteiger partial charge in [-0.05, 0) is 18.9 Å². The predicted octanol–water partition coefficient (Wildman–Crippen LogP) is 2.77. The molecule has 1 N–H and O–H groups in total. The van der Waals surface area contributed by atoms with E-state index in [0.29, 0.717) is 6.04 Å². The van der Waals surface area contributed by atoms with Gasteiger partial charge in [0, 0.05) is 19.4 Å². The van der Waals surface area contributed by atoms with Gasteiger partial charge >= 0.3 is 0 Å². The fraction of sp³-hybridized carbons (Fsp3) is 0.538. The van der Waals surface area contributed by atoms with Crippen LogP contribution in [-0.2, 0) is 13.6 Å². The molecule has 1 saturated carbocycles. The van der Waals surface area contributed by atoms with Crippen LogP contribution in [0.25, 0.3) is 0 Å². The molecule has 0 bridgehead atoms. The van der Waals surface area contributed by atoms with Gasteiger partial charge in [-0.1, -0.05) is 12.8 Å². The number of nitrogens with zero attached hydrogens (tertiary/aromatic N) is 4. The van der Waals surface area contributed by atoms with Crippen LogP contribution in [0.3, 0.4) is 0 Å². The molecule has 1 fully saturated rings. The molecule has 0 aromatic carbocycles. The Morgan fingerprint density at radius 3 is 2.79 bits per heavy atom. The van der Waals surface area contributed by atoms with Crippen LogP contribution in [0.2, 0.25) is 0 Å². The first-order valence-electron chi connectivity index (χ1n) is 6.58. The lowest BCUT2D eigenvalue weighted by molar-refractivity contribution is 0.467. The lowest BCUT2D eigenvalue weighted by Crippen LogP contribution is -2.06. The summed E-state index contributed by atoms with van der Waals surface area (Å²) in [5, 5.41) is 12.0. The molecule has 5 nitrogen and oxygen atoms in total. The third-order valence-corrected chi connectivity index (χ3v) is 3.70. The Morgan fingerprint density at radius 2 is 2.11 bits per heavy atom. The summed E-state index contributed by atoms with van der Waals surface area (Å²) in [7, 11) is 1.96. The number of rotatable bonds is 4. The average Bonchev–Trinajstić information content (AvgIpc) is 3.08. The molecule has 0 aliphatic heterocycles. The number of aromatic nitrogens is 4. The average molecular weight is 282 g/mol. The fourth-order valence-electron chi connectivity index (χ4n) is 2.57. The third-order valence-electron chi connectivity index (χ3n) is 3.70. The fourth-order valence-corrected chi connectivity index (χ4v) is 2.57. The highest BCUT2D eigenvalue weighted by Crippen LogP contribution is 2.29. The van der Waals surface area contributed by atoms with E-state index in [1.165, 1.54) is 31.4 Å². The van der Waals surface area contributed by atoms with Gasteiger partial charge in [0.1, 0.15) is 0 Å². The lowest BCUT2D eigenvalue weighted by atomic mass is 10.3. The summed E-state index contributed by atoms with van der Waals surface area (Å²) < 4.78 is 3.99. The van der Waals surface area contributed by atoms with Gasteiger partial charge in [0.05, 0.1) is 30.2 Å². The van der Waals surface area contributed by atoms with E-state index < -0.39 is 0 Å². The number of halogens is 1. The van der Waals surface area contributed by atoms with Crippen LogP contribution in [0.4, 0.5) is 5.69 Å². The second-order valence-electron chi connectivity index (χ2n) is 4.95. The van der Waals surface area contributed by atoms with Gasteiger partial charge in [-0.2, -0.15) is 10.2 Å².